The van der Waals surface area contributed by atoms with Crippen LogP contribution < -0.4 is 9.64 Å². The van der Waals surface area contributed by atoms with Gasteiger partial charge in [0.25, 0.3) is 0 Å². The number of hydrogen-bond donors (Lipinski definition) is 0. The van der Waals surface area contributed by atoms with Crippen LogP contribution in [0.3, 0.4) is 0 Å². The largest absolute Gasteiger partial charge is 0.492 e. The summed E-state index contributed by atoms with van der Waals surface area (Å²) >= 11 is 0. The molecule has 4 aromatic rings. The molecule has 5 rings (SSSR count). The second-order valence-electron chi connectivity index (χ2n) is 9.02. The first-order valence-electron chi connectivity index (χ1n) is 11.5. The number of fused-ring (bicyclic) bond motifs is 1. The Hall–Kier alpha value is -3.60. The van der Waals surface area contributed by atoms with E-state index in [0.717, 1.165) is 28.3 Å². The summed E-state index contributed by atoms with van der Waals surface area (Å²) in [6.45, 7) is 8.08. The maximum Gasteiger partial charge on any atom is 0.227 e. The van der Waals surface area contributed by atoms with Crippen LogP contribution in [-0.4, -0.2) is 28.6 Å². The van der Waals surface area contributed by atoms with Crippen LogP contribution in [0.5, 0.6) is 5.75 Å². The number of ether oxygens (including phenoxy) is 1. The van der Waals surface area contributed by atoms with Crippen LogP contribution in [0.15, 0.2) is 66.7 Å². The Labute approximate surface area is 194 Å². The molecule has 1 aliphatic rings. The van der Waals surface area contributed by atoms with Gasteiger partial charge in [-0.1, -0.05) is 35.9 Å². The van der Waals surface area contributed by atoms with Crippen LogP contribution in [0.25, 0.3) is 11.0 Å². The summed E-state index contributed by atoms with van der Waals surface area (Å²) < 4.78 is 8.34. The molecule has 2 heterocycles. The number of anilines is 1. The number of aromatic nitrogens is 2. The highest BCUT2D eigenvalue weighted by atomic mass is 16.5. The summed E-state index contributed by atoms with van der Waals surface area (Å²) in [5, 5.41) is 0. The van der Waals surface area contributed by atoms with Crippen LogP contribution in [0.1, 0.15) is 34.9 Å². The predicted molar refractivity (Wildman–Crippen MR) is 132 cm³/mol. The fourth-order valence-corrected chi connectivity index (χ4v) is 4.77. The van der Waals surface area contributed by atoms with Crippen LogP contribution in [-0.2, 0) is 11.3 Å². The fourth-order valence-electron chi connectivity index (χ4n) is 4.77. The van der Waals surface area contributed by atoms with Gasteiger partial charge in [-0.2, -0.15) is 0 Å². The Morgan fingerprint density at radius 3 is 2.42 bits per heavy atom. The lowest BCUT2D eigenvalue weighted by Gasteiger charge is -2.18. The number of rotatable bonds is 6. The highest BCUT2D eigenvalue weighted by molar-refractivity contribution is 5.96. The molecule has 3 aromatic carbocycles. The SMILES string of the molecule is Cc1ccc(N2C[C@@H](c3nc4ccccc4n3CCOc3cc(C)cc(C)c3)CC2=O)cc1. The van der Waals surface area contributed by atoms with Gasteiger partial charge in [-0.05, 0) is 68.3 Å². The smallest absolute Gasteiger partial charge is 0.227 e. The van der Waals surface area contributed by atoms with Gasteiger partial charge in [0.1, 0.15) is 18.2 Å². The van der Waals surface area contributed by atoms with Crippen molar-refractivity contribution in [3.8, 4) is 5.75 Å². The highest BCUT2D eigenvalue weighted by Crippen LogP contribution is 2.33. The van der Waals surface area contributed by atoms with Crippen molar-refractivity contribution in [2.45, 2.75) is 39.7 Å². The Kier molecular flexibility index (Phi) is 5.63. The molecular formula is C28H29N3O2. The molecule has 1 aliphatic heterocycles. The van der Waals surface area contributed by atoms with E-state index in [-0.39, 0.29) is 11.8 Å². The van der Waals surface area contributed by atoms with Crippen molar-refractivity contribution in [2.75, 3.05) is 18.1 Å². The Balaban J connectivity index is 1.40. The van der Waals surface area contributed by atoms with Crippen molar-refractivity contribution in [3.63, 3.8) is 0 Å². The maximum absolute atomic E-state index is 12.9. The third-order valence-electron chi connectivity index (χ3n) is 6.30. The first-order valence-corrected chi connectivity index (χ1v) is 11.5. The summed E-state index contributed by atoms with van der Waals surface area (Å²) in [6, 6.07) is 22.6. The number of carbonyl (C=O) groups is 1. The van der Waals surface area contributed by atoms with Crippen LogP contribution in [0, 0.1) is 20.8 Å². The quantitative estimate of drug-likeness (QED) is 0.395. The zero-order valence-corrected chi connectivity index (χ0v) is 19.4. The van der Waals surface area contributed by atoms with Gasteiger partial charge in [-0.25, -0.2) is 4.98 Å². The van der Waals surface area contributed by atoms with Crippen molar-refractivity contribution in [1.29, 1.82) is 0 Å². The Bertz CT molecular complexity index is 1290. The summed E-state index contributed by atoms with van der Waals surface area (Å²) in [7, 11) is 0. The van der Waals surface area contributed by atoms with Gasteiger partial charge < -0.3 is 14.2 Å². The third-order valence-corrected chi connectivity index (χ3v) is 6.30. The van der Waals surface area contributed by atoms with Gasteiger partial charge in [-0.15, -0.1) is 0 Å². The molecule has 1 saturated heterocycles. The van der Waals surface area contributed by atoms with Crippen molar-refractivity contribution >= 4 is 22.6 Å². The number of para-hydroxylation sites is 2. The molecule has 1 aromatic heterocycles. The zero-order valence-electron chi connectivity index (χ0n) is 19.4. The van der Waals surface area contributed by atoms with E-state index in [4.69, 9.17) is 9.72 Å². The second kappa shape index (κ2) is 8.74. The van der Waals surface area contributed by atoms with Crippen molar-refractivity contribution < 1.29 is 9.53 Å². The topological polar surface area (TPSA) is 47.4 Å². The molecular weight excluding hydrogens is 410 g/mol. The third kappa shape index (κ3) is 4.36. The highest BCUT2D eigenvalue weighted by Gasteiger charge is 2.34. The molecule has 0 radical (unpaired) electrons. The van der Waals surface area contributed by atoms with E-state index >= 15 is 0 Å². The number of hydrogen-bond acceptors (Lipinski definition) is 3. The average Bonchev–Trinajstić information content (AvgIpc) is 3.34. The van der Waals surface area contributed by atoms with E-state index in [1.165, 1.54) is 16.7 Å². The maximum atomic E-state index is 12.9. The van der Waals surface area contributed by atoms with Crippen molar-refractivity contribution in [3.05, 3.63) is 89.2 Å². The standard InChI is InChI=1S/C28H29N3O2/c1-19-8-10-23(11-9-19)31-18-22(17-27(31)32)28-29-25-6-4-5-7-26(25)30(28)12-13-33-24-15-20(2)14-21(3)16-24/h4-11,14-16,22H,12-13,17-18H2,1-3H3/t22-/m0/s1. The fraction of sp³-hybridized carbons (Fsp3) is 0.286. The number of amides is 1. The predicted octanol–water partition coefficient (Wildman–Crippen LogP) is 5.56. The molecule has 1 atom stereocenters. The molecule has 33 heavy (non-hydrogen) atoms. The molecule has 0 spiro atoms. The van der Waals surface area contributed by atoms with Crippen LogP contribution in [0.4, 0.5) is 5.69 Å². The Morgan fingerprint density at radius 2 is 1.67 bits per heavy atom. The van der Waals surface area contributed by atoms with E-state index < -0.39 is 0 Å². The number of carbonyl (C=O) groups excluding carboxylic acids is 1. The molecule has 0 bridgehead atoms. The van der Waals surface area contributed by atoms with Gasteiger partial charge in [0.2, 0.25) is 5.91 Å². The zero-order chi connectivity index (χ0) is 22.9. The van der Waals surface area contributed by atoms with Gasteiger partial charge in [0, 0.05) is 24.6 Å². The van der Waals surface area contributed by atoms with Gasteiger partial charge in [0.05, 0.1) is 17.6 Å². The summed E-state index contributed by atoms with van der Waals surface area (Å²) in [5.74, 6) is 2.05. The molecule has 1 amide bonds. The van der Waals surface area contributed by atoms with E-state index in [1.807, 2.05) is 35.2 Å². The van der Waals surface area contributed by atoms with Gasteiger partial charge >= 0.3 is 0 Å². The van der Waals surface area contributed by atoms with Gasteiger partial charge in [0.15, 0.2) is 0 Å². The average molecular weight is 440 g/mol. The van der Waals surface area contributed by atoms with Crippen LogP contribution >= 0.6 is 0 Å². The summed E-state index contributed by atoms with van der Waals surface area (Å²) in [6.07, 6.45) is 0.467. The van der Waals surface area contributed by atoms with Crippen molar-refractivity contribution in [2.24, 2.45) is 0 Å². The van der Waals surface area contributed by atoms with Crippen molar-refractivity contribution in [1.82, 2.24) is 9.55 Å². The number of benzene rings is 3. The lowest BCUT2D eigenvalue weighted by Crippen LogP contribution is -2.24. The van der Waals surface area contributed by atoms with Gasteiger partial charge in [-0.3, -0.25) is 4.79 Å². The molecule has 0 saturated carbocycles. The first kappa shape index (κ1) is 21.3. The number of imidazole rings is 1. The minimum atomic E-state index is 0.0485. The monoisotopic (exact) mass is 439 g/mol. The number of aryl methyl sites for hydroxylation is 3. The molecule has 5 heteroatoms. The Morgan fingerprint density at radius 1 is 0.939 bits per heavy atom. The normalized spacial score (nSPS) is 16.0. The van der Waals surface area contributed by atoms with Crippen LogP contribution in [0.2, 0.25) is 0 Å². The molecule has 168 valence electrons. The second-order valence-corrected chi connectivity index (χ2v) is 9.02. The van der Waals surface area contributed by atoms with E-state index in [2.05, 4.69) is 61.7 Å². The first-order chi connectivity index (χ1) is 16.0. The molecule has 0 unspecified atom stereocenters. The van der Waals surface area contributed by atoms with E-state index in [0.29, 0.717) is 26.1 Å². The lowest BCUT2D eigenvalue weighted by molar-refractivity contribution is -0.117. The molecule has 1 fully saturated rings. The summed E-state index contributed by atoms with van der Waals surface area (Å²) in [5.41, 5.74) is 6.57. The molecule has 5 nitrogen and oxygen atoms in total. The number of nitrogens with zero attached hydrogens (tertiary/aromatic N) is 3. The van der Waals surface area contributed by atoms with E-state index in [1.54, 1.807) is 0 Å². The van der Waals surface area contributed by atoms with E-state index in [9.17, 15) is 4.79 Å². The molecule has 0 aliphatic carbocycles. The molecule has 0 N–H and O–H groups in total. The summed E-state index contributed by atoms with van der Waals surface area (Å²) in [4.78, 5) is 19.7. The lowest BCUT2D eigenvalue weighted by atomic mass is 10.1. The minimum Gasteiger partial charge on any atom is -0.492 e. The minimum absolute atomic E-state index is 0.0485.